The van der Waals surface area contributed by atoms with Crippen LogP contribution in [0.5, 0.6) is 0 Å². The highest BCUT2D eigenvalue weighted by Crippen LogP contribution is 2.34. The Morgan fingerprint density at radius 2 is 1.90 bits per heavy atom. The van der Waals surface area contributed by atoms with E-state index in [0.717, 1.165) is 5.56 Å². The van der Waals surface area contributed by atoms with E-state index in [1.165, 1.54) is 6.92 Å². The van der Waals surface area contributed by atoms with Crippen molar-refractivity contribution in [3.05, 3.63) is 26.8 Å². The Morgan fingerprint density at radius 1 is 1.20 bits per heavy atom. The van der Waals surface area contributed by atoms with Crippen molar-refractivity contribution in [2.45, 2.75) is 46.6 Å². The predicted molar refractivity (Wildman–Crippen MR) is 114 cm³/mol. The molecule has 0 bridgehead atoms. The summed E-state index contributed by atoms with van der Waals surface area (Å²) in [7, 11) is 0. The Labute approximate surface area is 187 Å². The Kier molecular flexibility index (Phi) is 9.10. The minimum atomic E-state index is -0.653. The summed E-state index contributed by atoms with van der Waals surface area (Å²) in [4.78, 5) is 35.6. The van der Waals surface area contributed by atoms with Crippen LogP contribution in [-0.4, -0.2) is 41.3 Å². The number of halogens is 2. The van der Waals surface area contributed by atoms with Gasteiger partial charge >= 0.3 is 17.9 Å². The van der Waals surface area contributed by atoms with Crippen LogP contribution < -0.4 is 0 Å². The van der Waals surface area contributed by atoms with Crippen LogP contribution in [0.1, 0.15) is 44.7 Å². The van der Waals surface area contributed by atoms with Crippen molar-refractivity contribution in [1.82, 2.24) is 10.2 Å². The molecular weight excluding hydrogens is 480 g/mol. The first-order valence-electron chi connectivity index (χ1n) is 9.57. The van der Waals surface area contributed by atoms with Gasteiger partial charge in [-0.05, 0) is 54.2 Å². The quantitative estimate of drug-likeness (QED) is 0.384. The van der Waals surface area contributed by atoms with Crippen LogP contribution in [0.2, 0.25) is 5.15 Å². The molecule has 1 aromatic carbocycles. The van der Waals surface area contributed by atoms with Crippen molar-refractivity contribution >= 4 is 56.3 Å². The van der Waals surface area contributed by atoms with Crippen LogP contribution in [0, 0.1) is 5.92 Å². The molecular formula is C20H24BrClN2O6. The number of hydrogen-bond donors (Lipinski definition) is 1. The molecule has 0 aliphatic rings. The molecule has 0 aliphatic heterocycles. The molecule has 0 amide bonds. The van der Waals surface area contributed by atoms with Gasteiger partial charge in [0.1, 0.15) is 17.3 Å². The van der Waals surface area contributed by atoms with Crippen LogP contribution in [0.3, 0.4) is 0 Å². The number of carbonyl (C=O) groups is 3. The number of fused-ring (bicyclic) bond motifs is 1. The number of nitrogens with zero attached hydrogens (tertiary/aromatic N) is 1. The summed E-state index contributed by atoms with van der Waals surface area (Å²) in [6, 6.07) is 1.85. The second-order valence-electron chi connectivity index (χ2n) is 6.53. The van der Waals surface area contributed by atoms with E-state index >= 15 is 0 Å². The summed E-state index contributed by atoms with van der Waals surface area (Å²) in [5.41, 5.74) is 2.12. The summed E-state index contributed by atoms with van der Waals surface area (Å²) >= 11 is 9.76. The lowest BCUT2D eigenvalue weighted by Gasteiger charge is -2.17. The molecule has 2 aromatic rings. The van der Waals surface area contributed by atoms with Crippen LogP contribution >= 0.6 is 27.5 Å². The lowest BCUT2D eigenvalue weighted by Crippen LogP contribution is -2.23. The normalized spacial score (nSPS) is 11.9. The van der Waals surface area contributed by atoms with Gasteiger partial charge in [-0.1, -0.05) is 11.6 Å². The Morgan fingerprint density at radius 3 is 2.53 bits per heavy atom. The summed E-state index contributed by atoms with van der Waals surface area (Å²) in [5, 5.41) is 7.86. The molecule has 0 saturated heterocycles. The first-order valence-corrected chi connectivity index (χ1v) is 10.7. The molecule has 0 fully saturated rings. The van der Waals surface area contributed by atoms with Gasteiger partial charge in [0.15, 0.2) is 0 Å². The van der Waals surface area contributed by atoms with Gasteiger partial charge in [-0.25, -0.2) is 0 Å². The fourth-order valence-electron chi connectivity index (χ4n) is 3.11. The van der Waals surface area contributed by atoms with Gasteiger partial charge in [0, 0.05) is 22.3 Å². The molecule has 0 radical (unpaired) electrons. The lowest BCUT2D eigenvalue weighted by atomic mass is 9.93. The maximum Gasteiger partial charge on any atom is 0.309 e. The summed E-state index contributed by atoms with van der Waals surface area (Å²) in [6.45, 7) is 5.21. The molecule has 1 N–H and O–H groups in total. The number of esters is 3. The van der Waals surface area contributed by atoms with E-state index in [1.54, 1.807) is 13.8 Å². The highest BCUT2D eigenvalue weighted by molar-refractivity contribution is 9.10. The van der Waals surface area contributed by atoms with Crippen molar-refractivity contribution in [3.63, 3.8) is 0 Å². The molecule has 1 heterocycles. The van der Waals surface area contributed by atoms with E-state index in [4.69, 9.17) is 25.8 Å². The summed E-state index contributed by atoms with van der Waals surface area (Å²) in [6.07, 6.45) is 0.704. The highest BCUT2D eigenvalue weighted by atomic mass is 79.9. The fraction of sp³-hybridized carbons (Fsp3) is 0.500. The standard InChI is InChI=1S/C20H24BrClN2O6/c1-4-28-16(26)9-13(20(27)29-5-2)7-6-12-8-15(21)18-17(19(22)24-23-18)14(12)10-30-11(3)25/h8,13H,4-7,9-10H2,1-3H3,(H,23,24)/t13-/m0/s1. The number of benzene rings is 1. The van der Waals surface area contributed by atoms with Gasteiger partial charge in [0.2, 0.25) is 0 Å². The van der Waals surface area contributed by atoms with Crippen LogP contribution in [0.4, 0.5) is 0 Å². The SMILES string of the molecule is CCOC(=O)C[C@H](CCc1cc(Br)c2n[nH]c(Cl)c2c1COC(C)=O)C(=O)OCC. The van der Waals surface area contributed by atoms with Crippen molar-refractivity contribution in [1.29, 1.82) is 0 Å². The van der Waals surface area contributed by atoms with Gasteiger partial charge in [0.05, 0.1) is 25.6 Å². The predicted octanol–water partition coefficient (Wildman–Crippen LogP) is 4.11. The smallest absolute Gasteiger partial charge is 0.309 e. The molecule has 0 spiro atoms. The van der Waals surface area contributed by atoms with Gasteiger partial charge in [-0.15, -0.1) is 0 Å². The Balaban J connectivity index is 2.33. The highest BCUT2D eigenvalue weighted by Gasteiger charge is 2.25. The van der Waals surface area contributed by atoms with Crippen LogP contribution in [0.15, 0.2) is 10.5 Å². The number of rotatable bonds is 10. The first kappa shape index (κ1) is 24.1. The number of ether oxygens (including phenoxy) is 3. The first-order chi connectivity index (χ1) is 14.3. The van der Waals surface area contributed by atoms with Crippen LogP contribution in [-0.2, 0) is 41.6 Å². The number of carbonyl (C=O) groups excluding carboxylic acids is 3. The van der Waals surface area contributed by atoms with Crippen molar-refractivity contribution in [2.24, 2.45) is 5.92 Å². The number of H-pyrrole nitrogens is 1. The molecule has 2 rings (SSSR count). The van der Waals surface area contributed by atoms with Crippen molar-refractivity contribution in [3.8, 4) is 0 Å². The van der Waals surface area contributed by atoms with Gasteiger partial charge in [-0.2, -0.15) is 5.10 Å². The second-order valence-corrected chi connectivity index (χ2v) is 7.77. The second kappa shape index (κ2) is 11.3. The monoisotopic (exact) mass is 502 g/mol. The van der Waals surface area contributed by atoms with Gasteiger partial charge in [-0.3, -0.25) is 19.5 Å². The molecule has 8 nitrogen and oxygen atoms in total. The average Bonchev–Trinajstić information content (AvgIpc) is 3.07. The maximum absolute atomic E-state index is 12.4. The third-order valence-corrected chi connectivity index (χ3v) is 5.34. The molecule has 0 saturated carbocycles. The molecule has 1 aromatic heterocycles. The third kappa shape index (κ3) is 6.18. The zero-order valence-corrected chi connectivity index (χ0v) is 19.4. The molecule has 0 unspecified atom stereocenters. The van der Waals surface area contributed by atoms with E-state index in [9.17, 15) is 14.4 Å². The van der Waals surface area contributed by atoms with E-state index in [-0.39, 0.29) is 26.2 Å². The number of aromatic nitrogens is 2. The average molecular weight is 504 g/mol. The van der Waals surface area contributed by atoms with Crippen molar-refractivity contribution < 1.29 is 28.6 Å². The van der Waals surface area contributed by atoms with Crippen LogP contribution in [0.25, 0.3) is 10.9 Å². The Bertz CT molecular complexity index is 930. The molecule has 0 aliphatic carbocycles. The number of aromatic amines is 1. The van der Waals surface area contributed by atoms with E-state index < -0.39 is 23.8 Å². The minimum Gasteiger partial charge on any atom is -0.466 e. The topological polar surface area (TPSA) is 108 Å². The molecule has 10 heteroatoms. The zero-order chi connectivity index (χ0) is 22.3. The van der Waals surface area contributed by atoms with Gasteiger partial charge < -0.3 is 14.2 Å². The fourth-order valence-corrected chi connectivity index (χ4v) is 3.92. The summed E-state index contributed by atoms with van der Waals surface area (Å²) in [5.74, 6) is -1.98. The number of nitrogens with one attached hydrogen (secondary N) is 1. The zero-order valence-electron chi connectivity index (χ0n) is 17.0. The van der Waals surface area contributed by atoms with Gasteiger partial charge in [0.25, 0.3) is 0 Å². The molecule has 164 valence electrons. The maximum atomic E-state index is 12.4. The summed E-state index contributed by atoms with van der Waals surface area (Å²) < 4.78 is 16.0. The number of hydrogen-bond acceptors (Lipinski definition) is 7. The van der Waals surface area contributed by atoms with E-state index in [2.05, 4.69) is 26.1 Å². The minimum absolute atomic E-state index is 0.00957. The molecule has 1 atom stereocenters. The van der Waals surface area contributed by atoms with E-state index in [1.807, 2.05) is 6.07 Å². The third-order valence-electron chi connectivity index (χ3n) is 4.46. The largest absolute Gasteiger partial charge is 0.466 e. The molecule has 30 heavy (non-hydrogen) atoms. The van der Waals surface area contributed by atoms with E-state index in [0.29, 0.717) is 38.9 Å². The number of aryl methyl sites for hydroxylation is 1. The van der Waals surface area contributed by atoms with Crippen molar-refractivity contribution in [2.75, 3.05) is 13.2 Å². The Hall–Kier alpha value is -2.13. The lowest BCUT2D eigenvalue weighted by molar-refractivity contribution is -0.155.